The van der Waals surface area contributed by atoms with Gasteiger partial charge in [0, 0.05) is 26.3 Å². The van der Waals surface area contributed by atoms with E-state index in [1.165, 1.54) is 0 Å². The van der Waals surface area contributed by atoms with Crippen molar-refractivity contribution in [3.05, 3.63) is 16.4 Å². The maximum atomic E-state index is 13.1. The van der Waals surface area contributed by atoms with Crippen LogP contribution in [0, 0.1) is 5.41 Å². The second-order valence-electron chi connectivity index (χ2n) is 5.79. The first-order chi connectivity index (χ1) is 10.00. The average molecular weight is 359 g/mol. The first-order valence-corrected chi connectivity index (χ1v) is 7.98. The minimum absolute atomic E-state index is 0.0800. The van der Waals surface area contributed by atoms with Crippen LogP contribution in [0.1, 0.15) is 23.3 Å². The van der Waals surface area contributed by atoms with Crippen molar-refractivity contribution in [3.63, 3.8) is 0 Å². The van der Waals surface area contributed by atoms with Gasteiger partial charge in [0.2, 0.25) is 0 Å². The molecule has 1 aliphatic heterocycles. The standard InChI is InChI=1S/C14H23BrN4O2/c1-18(2)5-6-19-12(11(15)9-17-19)13(20)14(10-16)3-7-21-8-4-14/h9H,3-8,10,16H2,1-2H3. The van der Waals surface area contributed by atoms with Crippen LogP contribution in [0.4, 0.5) is 0 Å². The van der Waals surface area contributed by atoms with E-state index in [9.17, 15) is 4.79 Å². The largest absolute Gasteiger partial charge is 0.381 e. The van der Waals surface area contributed by atoms with E-state index in [1.807, 2.05) is 14.1 Å². The van der Waals surface area contributed by atoms with Crippen molar-refractivity contribution in [2.24, 2.45) is 11.1 Å². The summed E-state index contributed by atoms with van der Waals surface area (Å²) in [5, 5.41) is 4.32. The van der Waals surface area contributed by atoms with Crippen LogP contribution in [-0.2, 0) is 11.3 Å². The van der Waals surface area contributed by atoms with Crippen LogP contribution in [0.15, 0.2) is 10.7 Å². The van der Waals surface area contributed by atoms with Crippen LogP contribution in [0.25, 0.3) is 0 Å². The van der Waals surface area contributed by atoms with E-state index >= 15 is 0 Å². The zero-order valence-electron chi connectivity index (χ0n) is 12.6. The fourth-order valence-corrected chi connectivity index (χ4v) is 3.07. The molecule has 21 heavy (non-hydrogen) atoms. The highest BCUT2D eigenvalue weighted by Gasteiger charge is 2.41. The van der Waals surface area contributed by atoms with E-state index in [2.05, 4.69) is 25.9 Å². The van der Waals surface area contributed by atoms with Gasteiger partial charge in [-0.3, -0.25) is 9.48 Å². The predicted molar refractivity (Wildman–Crippen MR) is 84.4 cm³/mol. The Kier molecular flexibility index (Phi) is 5.54. The molecule has 2 heterocycles. The molecule has 0 unspecified atom stereocenters. The van der Waals surface area contributed by atoms with Crippen LogP contribution in [-0.4, -0.2) is 60.9 Å². The minimum atomic E-state index is -0.517. The molecule has 0 saturated carbocycles. The van der Waals surface area contributed by atoms with Gasteiger partial charge >= 0.3 is 0 Å². The van der Waals surface area contributed by atoms with Crippen LogP contribution in [0.3, 0.4) is 0 Å². The lowest BCUT2D eigenvalue weighted by molar-refractivity contribution is 0.0193. The molecule has 0 bridgehead atoms. The van der Waals surface area contributed by atoms with E-state index in [0.29, 0.717) is 44.8 Å². The Morgan fingerprint density at radius 3 is 2.76 bits per heavy atom. The number of ether oxygens (including phenoxy) is 1. The Morgan fingerprint density at radius 2 is 2.19 bits per heavy atom. The van der Waals surface area contributed by atoms with Gasteiger partial charge in [-0.05, 0) is 42.9 Å². The SMILES string of the molecule is CN(C)CCn1ncc(Br)c1C(=O)C1(CN)CCOCC1. The molecule has 118 valence electrons. The molecule has 1 saturated heterocycles. The number of Topliss-reactive ketones (excluding diaryl/α,β-unsaturated/α-hetero) is 1. The van der Waals surface area contributed by atoms with Crippen LogP contribution < -0.4 is 5.73 Å². The summed E-state index contributed by atoms with van der Waals surface area (Å²) in [5.74, 6) is 0.0800. The van der Waals surface area contributed by atoms with Gasteiger partial charge in [0.05, 0.1) is 22.6 Å². The molecule has 2 N–H and O–H groups in total. The number of carbonyl (C=O) groups excluding carboxylic acids is 1. The van der Waals surface area contributed by atoms with Crippen LogP contribution >= 0.6 is 15.9 Å². The number of rotatable bonds is 6. The molecule has 0 atom stereocenters. The molecule has 1 aromatic heterocycles. The molecule has 2 rings (SSSR count). The molecule has 0 aliphatic carbocycles. The normalized spacial score (nSPS) is 18.1. The lowest BCUT2D eigenvalue weighted by atomic mass is 9.75. The fourth-order valence-electron chi connectivity index (χ4n) is 2.59. The topological polar surface area (TPSA) is 73.4 Å². The lowest BCUT2D eigenvalue weighted by Crippen LogP contribution is -2.44. The third kappa shape index (κ3) is 3.53. The van der Waals surface area contributed by atoms with Gasteiger partial charge in [0.25, 0.3) is 0 Å². The highest BCUT2D eigenvalue weighted by molar-refractivity contribution is 9.10. The summed E-state index contributed by atoms with van der Waals surface area (Å²) < 4.78 is 7.90. The van der Waals surface area contributed by atoms with E-state index < -0.39 is 5.41 Å². The van der Waals surface area contributed by atoms with Gasteiger partial charge in [-0.1, -0.05) is 0 Å². The molecule has 0 spiro atoms. The third-order valence-corrected chi connectivity index (χ3v) is 4.67. The Bertz CT molecular complexity index is 495. The number of hydrogen-bond acceptors (Lipinski definition) is 5. The number of aromatic nitrogens is 2. The summed E-state index contributed by atoms with van der Waals surface area (Å²) in [6.45, 7) is 3.03. The Hall–Kier alpha value is -0.760. The summed E-state index contributed by atoms with van der Waals surface area (Å²) in [5.41, 5.74) is 6.05. The third-order valence-electron chi connectivity index (χ3n) is 4.09. The molecule has 0 aromatic carbocycles. The Labute approximate surface area is 133 Å². The van der Waals surface area contributed by atoms with E-state index in [0.717, 1.165) is 11.0 Å². The second-order valence-corrected chi connectivity index (χ2v) is 6.65. The highest BCUT2D eigenvalue weighted by Crippen LogP contribution is 2.35. The molecule has 1 aliphatic rings. The summed E-state index contributed by atoms with van der Waals surface area (Å²) in [6, 6.07) is 0. The number of hydrogen-bond donors (Lipinski definition) is 1. The highest BCUT2D eigenvalue weighted by atomic mass is 79.9. The van der Waals surface area contributed by atoms with E-state index in [-0.39, 0.29) is 5.78 Å². The molecule has 1 fully saturated rings. The molecular weight excluding hydrogens is 336 g/mol. The van der Waals surface area contributed by atoms with Crippen molar-refractivity contribution in [2.45, 2.75) is 19.4 Å². The number of halogens is 1. The van der Waals surface area contributed by atoms with Gasteiger partial charge in [-0.25, -0.2) is 0 Å². The van der Waals surface area contributed by atoms with E-state index in [4.69, 9.17) is 10.5 Å². The lowest BCUT2D eigenvalue weighted by Gasteiger charge is -2.34. The number of ketones is 1. The van der Waals surface area contributed by atoms with Gasteiger partial charge in [-0.15, -0.1) is 0 Å². The Balaban J connectivity index is 2.27. The van der Waals surface area contributed by atoms with Gasteiger partial charge in [-0.2, -0.15) is 5.10 Å². The first kappa shape index (κ1) is 16.6. The second kappa shape index (κ2) is 7.00. The van der Waals surface area contributed by atoms with Crippen molar-refractivity contribution >= 4 is 21.7 Å². The molecular formula is C14H23BrN4O2. The number of likely N-dealkylation sites (N-methyl/N-ethyl adjacent to an activating group) is 1. The van der Waals surface area contributed by atoms with Crippen molar-refractivity contribution < 1.29 is 9.53 Å². The number of nitrogens with zero attached hydrogens (tertiary/aromatic N) is 3. The molecule has 6 nitrogen and oxygen atoms in total. The van der Waals surface area contributed by atoms with E-state index in [1.54, 1.807) is 10.9 Å². The Morgan fingerprint density at radius 1 is 1.52 bits per heavy atom. The number of nitrogens with two attached hydrogens (primary N) is 1. The summed E-state index contributed by atoms with van der Waals surface area (Å²) in [6.07, 6.45) is 3.04. The predicted octanol–water partition coefficient (Wildman–Crippen LogP) is 1.15. The van der Waals surface area contributed by atoms with Gasteiger partial charge < -0.3 is 15.4 Å². The average Bonchev–Trinajstić information content (AvgIpc) is 2.86. The number of carbonyl (C=O) groups is 1. The minimum Gasteiger partial charge on any atom is -0.381 e. The molecule has 0 radical (unpaired) electrons. The summed E-state index contributed by atoms with van der Waals surface area (Å²) >= 11 is 3.45. The van der Waals surface area contributed by atoms with Crippen molar-refractivity contribution in [2.75, 3.05) is 40.4 Å². The maximum absolute atomic E-state index is 13.1. The molecule has 7 heteroatoms. The van der Waals surface area contributed by atoms with Crippen LogP contribution in [0.5, 0.6) is 0 Å². The van der Waals surface area contributed by atoms with Crippen molar-refractivity contribution in [3.8, 4) is 0 Å². The smallest absolute Gasteiger partial charge is 0.189 e. The fraction of sp³-hybridized carbons (Fsp3) is 0.714. The summed E-state index contributed by atoms with van der Waals surface area (Å²) in [4.78, 5) is 15.1. The van der Waals surface area contributed by atoms with Crippen molar-refractivity contribution in [1.29, 1.82) is 0 Å². The zero-order chi connectivity index (χ0) is 15.5. The summed E-state index contributed by atoms with van der Waals surface area (Å²) in [7, 11) is 4.00. The molecule has 0 amide bonds. The monoisotopic (exact) mass is 358 g/mol. The quantitative estimate of drug-likeness (QED) is 0.772. The maximum Gasteiger partial charge on any atom is 0.189 e. The van der Waals surface area contributed by atoms with Crippen molar-refractivity contribution in [1.82, 2.24) is 14.7 Å². The zero-order valence-corrected chi connectivity index (χ0v) is 14.2. The molecule has 1 aromatic rings. The van der Waals surface area contributed by atoms with Crippen LogP contribution in [0.2, 0.25) is 0 Å². The van der Waals surface area contributed by atoms with Gasteiger partial charge in [0.1, 0.15) is 5.69 Å². The van der Waals surface area contributed by atoms with Gasteiger partial charge in [0.15, 0.2) is 5.78 Å². The first-order valence-electron chi connectivity index (χ1n) is 7.19.